The molecule has 27 heavy (non-hydrogen) atoms. The normalized spacial score (nSPS) is 24.9. The van der Waals surface area contributed by atoms with Gasteiger partial charge in [0.25, 0.3) is 0 Å². The summed E-state index contributed by atoms with van der Waals surface area (Å²) < 4.78 is 0. The monoisotopic (exact) mass is 364 g/mol. The van der Waals surface area contributed by atoms with Crippen molar-refractivity contribution in [3.63, 3.8) is 0 Å². The summed E-state index contributed by atoms with van der Waals surface area (Å²) in [6, 6.07) is 15.5. The SMILES string of the molecule is CN1CCN(Cc2ccc(N3CCC[C@@](C)(c4ccccc4)C3)nc2)CC1. The van der Waals surface area contributed by atoms with Crippen molar-refractivity contribution < 1.29 is 0 Å². The maximum absolute atomic E-state index is 4.83. The van der Waals surface area contributed by atoms with Gasteiger partial charge in [0.05, 0.1) is 0 Å². The second-order valence-electron chi connectivity index (χ2n) is 8.56. The Morgan fingerprint density at radius 3 is 2.44 bits per heavy atom. The fraction of sp³-hybridized carbons (Fsp3) is 0.522. The van der Waals surface area contributed by atoms with Crippen molar-refractivity contribution in [2.75, 3.05) is 51.2 Å². The molecule has 0 bridgehead atoms. The summed E-state index contributed by atoms with van der Waals surface area (Å²) in [4.78, 5) is 12.2. The number of nitrogens with zero attached hydrogens (tertiary/aromatic N) is 4. The largest absolute Gasteiger partial charge is 0.356 e. The third-order valence-electron chi connectivity index (χ3n) is 6.30. The molecule has 4 nitrogen and oxygen atoms in total. The zero-order valence-corrected chi connectivity index (χ0v) is 16.8. The van der Waals surface area contributed by atoms with Gasteiger partial charge in [-0.15, -0.1) is 0 Å². The second-order valence-corrected chi connectivity index (χ2v) is 8.56. The standard InChI is InChI=1S/C23H32N4/c1-23(21-7-4-3-5-8-21)11-6-12-27(19-23)22-10-9-20(17-24-22)18-26-15-13-25(2)14-16-26/h3-5,7-10,17H,6,11-16,18-19H2,1-2H3/t23-/m1/s1. The number of piperidine rings is 1. The molecule has 2 saturated heterocycles. The maximum Gasteiger partial charge on any atom is 0.128 e. The lowest BCUT2D eigenvalue weighted by Gasteiger charge is -2.41. The molecule has 2 fully saturated rings. The summed E-state index contributed by atoms with van der Waals surface area (Å²) in [6.45, 7) is 10.2. The smallest absolute Gasteiger partial charge is 0.128 e. The van der Waals surface area contributed by atoms with Crippen molar-refractivity contribution in [2.45, 2.75) is 31.7 Å². The van der Waals surface area contributed by atoms with E-state index in [1.807, 2.05) is 0 Å². The number of anilines is 1. The topological polar surface area (TPSA) is 22.6 Å². The van der Waals surface area contributed by atoms with E-state index in [0.29, 0.717) is 0 Å². The van der Waals surface area contributed by atoms with Crippen molar-refractivity contribution in [1.82, 2.24) is 14.8 Å². The Bertz CT molecular complexity index is 722. The molecule has 2 aliphatic heterocycles. The molecule has 0 radical (unpaired) electrons. The molecule has 1 atom stereocenters. The van der Waals surface area contributed by atoms with Crippen molar-refractivity contribution >= 4 is 5.82 Å². The van der Waals surface area contributed by atoms with E-state index in [9.17, 15) is 0 Å². The molecular weight excluding hydrogens is 332 g/mol. The van der Waals surface area contributed by atoms with Crippen LogP contribution in [0.5, 0.6) is 0 Å². The summed E-state index contributed by atoms with van der Waals surface area (Å²) >= 11 is 0. The van der Waals surface area contributed by atoms with Crippen molar-refractivity contribution in [3.05, 3.63) is 59.8 Å². The van der Waals surface area contributed by atoms with Crippen LogP contribution in [0, 0.1) is 0 Å². The maximum atomic E-state index is 4.83. The summed E-state index contributed by atoms with van der Waals surface area (Å²) in [5.74, 6) is 1.12. The Labute approximate surface area is 163 Å². The van der Waals surface area contributed by atoms with Crippen LogP contribution >= 0.6 is 0 Å². The number of benzene rings is 1. The van der Waals surface area contributed by atoms with E-state index >= 15 is 0 Å². The highest BCUT2D eigenvalue weighted by atomic mass is 15.2. The highest BCUT2D eigenvalue weighted by molar-refractivity contribution is 5.42. The number of aromatic nitrogens is 1. The molecule has 2 aliphatic rings. The second kappa shape index (κ2) is 7.99. The minimum absolute atomic E-state index is 0.208. The van der Waals surface area contributed by atoms with Crippen molar-refractivity contribution in [1.29, 1.82) is 0 Å². The zero-order valence-electron chi connectivity index (χ0n) is 16.8. The summed E-state index contributed by atoms with van der Waals surface area (Å²) in [5.41, 5.74) is 2.98. The summed E-state index contributed by atoms with van der Waals surface area (Å²) in [5, 5.41) is 0. The summed E-state index contributed by atoms with van der Waals surface area (Å²) in [7, 11) is 2.20. The van der Waals surface area contributed by atoms with Crippen LogP contribution in [0.15, 0.2) is 48.7 Å². The third kappa shape index (κ3) is 4.33. The molecule has 0 aliphatic carbocycles. The van der Waals surface area contributed by atoms with Gasteiger partial charge in [-0.1, -0.05) is 43.3 Å². The number of likely N-dealkylation sites (N-methyl/N-ethyl adjacent to an activating group) is 1. The van der Waals surface area contributed by atoms with Crippen LogP contribution in [0.25, 0.3) is 0 Å². The van der Waals surface area contributed by atoms with Crippen LogP contribution in [-0.2, 0) is 12.0 Å². The number of hydrogen-bond donors (Lipinski definition) is 0. The van der Waals surface area contributed by atoms with Gasteiger partial charge in [-0.05, 0) is 37.1 Å². The van der Waals surface area contributed by atoms with Gasteiger partial charge in [-0.2, -0.15) is 0 Å². The van der Waals surface area contributed by atoms with Gasteiger partial charge in [0.15, 0.2) is 0 Å². The van der Waals surface area contributed by atoms with Gasteiger partial charge < -0.3 is 9.80 Å². The number of hydrogen-bond acceptors (Lipinski definition) is 4. The van der Waals surface area contributed by atoms with Crippen LogP contribution in [0.3, 0.4) is 0 Å². The van der Waals surface area contributed by atoms with Gasteiger partial charge in [0.2, 0.25) is 0 Å². The Hall–Kier alpha value is -1.91. The molecule has 144 valence electrons. The lowest BCUT2D eigenvalue weighted by molar-refractivity contribution is 0.148. The van der Waals surface area contributed by atoms with Crippen LogP contribution < -0.4 is 4.90 Å². The highest BCUT2D eigenvalue weighted by Crippen LogP contribution is 2.35. The fourth-order valence-electron chi connectivity index (χ4n) is 4.47. The quantitative estimate of drug-likeness (QED) is 0.829. The molecule has 0 N–H and O–H groups in total. The minimum Gasteiger partial charge on any atom is -0.356 e. The molecule has 0 spiro atoms. The molecular formula is C23H32N4. The van der Waals surface area contributed by atoms with Crippen LogP contribution in [0.1, 0.15) is 30.9 Å². The van der Waals surface area contributed by atoms with E-state index < -0.39 is 0 Å². The predicted octanol–water partition coefficient (Wildman–Crippen LogP) is 3.39. The van der Waals surface area contributed by atoms with Gasteiger partial charge in [-0.3, -0.25) is 4.90 Å². The minimum atomic E-state index is 0.208. The van der Waals surface area contributed by atoms with Gasteiger partial charge in [-0.25, -0.2) is 4.98 Å². The Balaban J connectivity index is 1.41. The molecule has 1 aromatic carbocycles. The van der Waals surface area contributed by atoms with Crippen molar-refractivity contribution in [3.8, 4) is 0 Å². The third-order valence-corrected chi connectivity index (χ3v) is 6.30. The van der Waals surface area contributed by atoms with E-state index in [4.69, 9.17) is 4.98 Å². The average molecular weight is 365 g/mol. The van der Waals surface area contributed by atoms with Gasteiger partial charge >= 0.3 is 0 Å². The van der Waals surface area contributed by atoms with E-state index in [2.05, 4.69) is 77.3 Å². The molecule has 3 heterocycles. The Kier molecular flexibility index (Phi) is 5.46. The van der Waals surface area contributed by atoms with Crippen LogP contribution in [0.4, 0.5) is 5.82 Å². The first-order valence-electron chi connectivity index (χ1n) is 10.3. The number of pyridine rings is 1. The van der Waals surface area contributed by atoms with Gasteiger partial charge in [0, 0.05) is 57.4 Å². The van der Waals surface area contributed by atoms with Crippen molar-refractivity contribution in [2.24, 2.45) is 0 Å². The van der Waals surface area contributed by atoms with Gasteiger partial charge in [0.1, 0.15) is 5.82 Å². The molecule has 1 aromatic heterocycles. The first-order valence-corrected chi connectivity index (χ1v) is 10.3. The van der Waals surface area contributed by atoms with E-state index in [-0.39, 0.29) is 5.41 Å². The van der Waals surface area contributed by atoms with E-state index in [1.165, 1.54) is 24.0 Å². The first-order chi connectivity index (χ1) is 13.1. The fourth-order valence-corrected chi connectivity index (χ4v) is 4.47. The molecule has 4 heteroatoms. The molecule has 4 rings (SSSR count). The lowest BCUT2D eigenvalue weighted by Crippen LogP contribution is -2.45. The molecule has 2 aromatic rings. The first kappa shape index (κ1) is 18.5. The predicted molar refractivity (Wildman–Crippen MR) is 112 cm³/mol. The van der Waals surface area contributed by atoms with Crippen LogP contribution in [0.2, 0.25) is 0 Å². The number of rotatable bonds is 4. The van der Waals surface area contributed by atoms with E-state index in [1.54, 1.807) is 0 Å². The Morgan fingerprint density at radius 1 is 0.963 bits per heavy atom. The zero-order chi connectivity index (χ0) is 18.7. The molecule has 0 saturated carbocycles. The highest BCUT2D eigenvalue weighted by Gasteiger charge is 2.33. The molecule has 0 unspecified atom stereocenters. The molecule has 0 amide bonds. The number of piperazine rings is 1. The Morgan fingerprint density at radius 2 is 1.74 bits per heavy atom. The van der Waals surface area contributed by atoms with Crippen LogP contribution in [-0.4, -0.2) is 61.1 Å². The summed E-state index contributed by atoms with van der Waals surface area (Å²) in [6.07, 6.45) is 4.55. The van der Waals surface area contributed by atoms with E-state index in [0.717, 1.165) is 51.6 Å². The average Bonchev–Trinajstić information content (AvgIpc) is 2.71. The lowest BCUT2D eigenvalue weighted by atomic mass is 9.76.